The Kier molecular flexibility index (Phi) is 5.48. The standard InChI is InChI=1S/C19H16BrN3O3/c20-14-8-6-13(7-9-14)19-16(21-17(24)10-11-18(25)26)12-23(22-19)15-4-2-1-3-5-15/h1-9,12H,10-11H2,(H,21,24)(H,25,26). The molecule has 0 aliphatic rings. The van der Waals surface area contributed by atoms with Gasteiger partial charge in [0.25, 0.3) is 0 Å². The molecular weight excluding hydrogens is 398 g/mol. The fraction of sp³-hybridized carbons (Fsp3) is 0.105. The molecule has 0 atom stereocenters. The van der Waals surface area contributed by atoms with Crippen LogP contribution < -0.4 is 5.32 Å². The molecule has 7 heteroatoms. The summed E-state index contributed by atoms with van der Waals surface area (Å²) in [6, 6.07) is 17.1. The number of carboxylic acids is 1. The number of para-hydroxylation sites is 1. The Morgan fingerprint density at radius 3 is 2.38 bits per heavy atom. The van der Waals surface area contributed by atoms with Crippen molar-refractivity contribution in [2.75, 3.05) is 5.32 Å². The molecule has 1 aromatic heterocycles. The SMILES string of the molecule is O=C(O)CCC(=O)Nc1cn(-c2ccccc2)nc1-c1ccc(Br)cc1. The highest BCUT2D eigenvalue weighted by atomic mass is 79.9. The molecule has 0 aliphatic carbocycles. The van der Waals surface area contributed by atoms with Crippen molar-refractivity contribution in [3.8, 4) is 16.9 Å². The molecule has 1 amide bonds. The van der Waals surface area contributed by atoms with Crippen molar-refractivity contribution in [1.29, 1.82) is 0 Å². The van der Waals surface area contributed by atoms with E-state index in [1.807, 2.05) is 54.6 Å². The molecule has 0 unspecified atom stereocenters. The summed E-state index contributed by atoms with van der Waals surface area (Å²) in [7, 11) is 0. The third-order valence-electron chi connectivity index (χ3n) is 3.69. The first-order chi connectivity index (χ1) is 12.5. The Morgan fingerprint density at radius 2 is 1.73 bits per heavy atom. The predicted molar refractivity (Wildman–Crippen MR) is 102 cm³/mol. The monoisotopic (exact) mass is 413 g/mol. The third-order valence-corrected chi connectivity index (χ3v) is 4.22. The molecule has 0 spiro atoms. The number of benzene rings is 2. The van der Waals surface area contributed by atoms with Crippen molar-refractivity contribution in [1.82, 2.24) is 9.78 Å². The van der Waals surface area contributed by atoms with Crippen molar-refractivity contribution in [2.24, 2.45) is 0 Å². The van der Waals surface area contributed by atoms with E-state index in [0.29, 0.717) is 11.4 Å². The van der Waals surface area contributed by atoms with Gasteiger partial charge in [-0.1, -0.05) is 46.3 Å². The van der Waals surface area contributed by atoms with Gasteiger partial charge in [-0.05, 0) is 24.3 Å². The number of carbonyl (C=O) groups is 2. The number of rotatable bonds is 6. The van der Waals surface area contributed by atoms with Gasteiger partial charge in [-0.2, -0.15) is 5.10 Å². The molecule has 0 fully saturated rings. The first kappa shape index (κ1) is 17.9. The summed E-state index contributed by atoms with van der Waals surface area (Å²) in [5, 5.41) is 16.1. The van der Waals surface area contributed by atoms with Crippen LogP contribution in [0.1, 0.15) is 12.8 Å². The van der Waals surface area contributed by atoms with Crippen molar-refractivity contribution in [3.05, 3.63) is 65.3 Å². The molecule has 26 heavy (non-hydrogen) atoms. The van der Waals surface area contributed by atoms with Crippen molar-refractivity contribution < 1.29 is 14.7 Å². The largest absolute Gasteiger partial charge is 0.481 e. The number of hydrogen-bond acceptors (Lipinski definition) is 3. The van der Waals surface area contributed by atoms with Gasteiger partial charge in [0.15, 0.2) is 0 Å². The number of aromatic nitrogens is 2. The molecule has 0 saturated heterocycles. The second kappa shape index (κ2) is 7.97. The number of anilines is 1. The second-order valence-corrected chi connectivity index (χ2v) is 6.54. The number of carboxylic acid groups (broad SMARTS) is 1. The van der Waals surface area contributed by atoms with Gasteiger partial charge in [-0.3, -0.25) is 9.59 Å². The minimum atomic E-state index is -1.01. The molecule has 0 aliphatic heterocycles. The van der Waals surface area contributed by atoms with Crippen LogP contribution in [0.25, 0.3) is 16.9 Å². The van der Waals surface area contributed by atoms with Crippen molar-refractivity contribution in [3.63, 3.8) is 0 Å². The summed E-state index contributed by atoms with van der Waals surface area (Å²) in [6.07, 6.45) is 1.42. The summed E-state index contributed by atoms with van der Waals surface area (Å²) in [6.45, 7) is 0. The van der Waals surface area contributed by atoms with Crippen molar-refractivity contribution in [2.45, 2.75) is 12.8 Å². The average molecular weight is 414 g/mol. The third kappa shape index (κ3) is 4.37. The van der Waals surface area contributed by atoms with Crippen LogP contribution in [0, 0.1) is 0 Å². The topological polar surface area (TPSA) is 84.2 Å². The summed E-state index contributed by atoms with van der Waals surface area (Å²) in [4.78, 5) is 22.7. The summed E-state index contributed by atoms with van der Waals surface area (Å²) in [5.74, 6) is -1.37. The van der Waals surface area contributed by atoms with Crippen LogP contribution >= 0.6 is 15.9 Å². The predicted octanol–water partition coefficient (Wildman–Crippen LogP) is 4.11. The van der Waals surface area contributed by atoms with E-state index in [1.54, 1.807) is 10.9 Å². The molecule has 0 saturated carbocycles. The summed E-state index contributed by atoms with van der Waals surface area (Å²) >= 11 is 3.40. The lowest BCUT2D eigenvalue weighted by Crippen LogP contribution is -2.13. The van der Waals surface area contributed by atoms with Gasteiger partial charge in [0.05, 0.1) is 24.0 Å². The number of halogens is 1. The molecule has 1 heterocycles. The zero-order valence-corrected chi connectivity index (χ0v) is 15.3. The van der Waals surface area contributed by atoms with Crippen LogP contribution in [-0.4, -0.2) is 26.8 Å². The van der Waals surface area contributed by atoms with Crippen LogP contribution in [0.3, 0.4) is 0 Å². The molecule has 3 aromatic rings. The minimum absolute atomic E-state index is 0.0916. The van der Waals surface area contributed by atoms with Gasteiger partial charge < -0.3 is 10.4 Å². The number of carbonyl (C=O) groups excluding carboxylic acids is 1. The summed E-state index contributed by atoms with van der Waals surface area (Å²) < 4.78 is 2.63. The molecule has 0 bridgehead atoms. The van der Waals surface area contributed by atoms with E-state index in [2.05, 4.69) is 26.3 Å². The zero-order valence-electron chi connectivity index (χ0n) is 13.7. The smallest absolute Gasteiger partial charge is 0.303 e. The van der Waals surface area contributed by atoms with E-state index in [1.165, 1.54) is 0 Å². The molecule has 2 aromatic carbocycles. The Hall–Kier alpha value is -2.93. The van der Waals surface area contributed by atoms with Gasteiger partial charge >= 0.3 is 5.97 Å². The maximum atomic E-state index is 12.1. The lowest BCUT2D eigenvalue weighted by Gasteiger charge is -2.04. The second-order valence-electron chi connectivity index (χ2n) is 5.62. The Balaban J connectivity index is 1.95. The lowest BCUT2D eigenvalue weighted by atomic mass is 10.1. The highest BCUT2D eigenvalue weighted by Gasteiger charge is 2.15. The first-order valence-corrected chi connectivity index (χ1v) is 8.75. The number of nitrogens with one attached hydrogen (secondary N) is 1. The molecule has 6 nitrogen and oxygen atoms in total. The molecule has 132 valence electrons. The van der Waals surface area contributed by atoms with Crippen LogP contribution in [0.15, 0.2) is 65.3 Å². The van der Waals surface area contributed by atoms with Crippen LogP contribution in [0.2, 0.25) is 0 Å². The highest BCUT2D eigenvalue weighted by molar-refractivity contribution is 9.10. The quantitative estimate of drug-likeness (QED) is 0.636. The normalized spacial score (nSPS) is 10.5. The van der Waals surface area contributed by atoms with Crippen LogP contribution in [0.5, 0.6) is 0 Å². The maximum Gasteiger partial charge on any atom is 0.303 e. The fourth-order valence-corrected chi connectivity index (χ4v) is 2.70. The molecular formula is C19H16BrN3O3. The van der Waals surface area contributed by atoms with Crippen LogP contribution in [0.4, 0.5) is 5.69 Å². The number of amides is 1. The van der Waals surface area contributed by atoms with Gasteiger partial charge in [0.1, 0.15) is 5.69 Å². The molecule has 2 N–H and O–H groups in total. The number of nitrogens with zero attached hydrogens (tertiary/aromatic N) is 2. The van der Waals surface area contributed by atoms with Gasteiger partial charge in [-0.15, -0.1) is 0 Å². The fourth-order valence-electron chi connectivity index (χ4n) is 2.43. The van der Waals surface area contributed by atoms with Gasteiger partial charge in [0, 0.05) is 16.5 Å². The van der Waals surface area contributed by atoms with E-state index in [9.17, 15) is 9.59 Å². The Morgan fingerprint density at radius 1 is 1.04 bits per heavy atom. The molecule has 3 rings (SSSR count). The average Bonchev–Trinajstić information content (AvgIpc) is 3.05. The zero-order chi connectivity index (χ0) is 18.5. The van der Waals surface area contributed by atoms with E-state index < -0.39 is 5.97 Å². The minimum Gasteiger partial charge on any atom is -0.481 e. The van der Waals surface area contributed by atoms with E-state index in [-0.39, 0.29) is 18.7 Å². The lowest BCUT2D eigenvalue weighted by molar-refractivity contribution is -0.138. The van der Waals surface area contributed by atoms with Crippen LogP contribution in [-0.2, 0) is 9.59 Å². The number of hydrogen-bond donors (Lipinski definition) is 2. The Bertz CT molecular complexity index is 921. The van der Waals surface area contributed by atoms with Gasteiger partial charge in [-0.25, -0.2) is 4.68 Å². The number of aliphatic carboxylic acids is 1. The highest BCUT2D eigenvalue weighted by Crippen LogP contribution is 2.29. The van der Waals surface area contributed by atoms with Gasteiger partial charge in [0.2, 0.25) is 5.91 Å². The Labute approximate surface area is 158 Å². The maximum absolute atomic E-state index is 12.1. The van der Waals surface area contributed by atoms with E-state index in [4.69, 9.17) is 5.11 Å². The summed E-state index contributed by atoms with van der Waals surface area (Å²) in [5.41, 5.74) is 2.85. The van der Waals surface area contributed by atoms with E-state index in [0.717, 1.165) is 15.7 Å². The molecule has 0 radical (unpaired) electrons. The first-order valence-electron chi connectivity index (χ1n) is 7.95. The van der Waals surface area contributed by atoms with Crippen molar-refractivity contribution >= 4 is 33.5 Å². The van der Waals surface area contributed by atoms with E-state index >= 15 is 0 Å².